The number of amides is 2. The maximum Gasteiger partial charge on any atom is 0.327 e. The van der Waals surface area contributed by atoms with Crippen LogP contribution in [0.15, 0.2) is 0 Å². The van der Waals surface area contributed by atoms with Crippen molar-refractivity contribution >= 4 is 23.8 Å². The first-order valence-corrected chi connectivity index (χ1v) is 8.45. The first-order chi connectivity index (χ1) is 9.47. The van der Waals surface area contributed by atoms with Gasteiger partial charge in [0.05, 0.1) is 5.37 Å². The van der Waals surface area contributed by atoms with Gasteiger partial charge >= 0.3 is 12.0 Å². The van der Waals surface area contributed by atoms with E-state index in [1.807, 2.05) is 13.8 Å². The number of nitrogens with one attached hydrogen (secondary N) is 1. The van der Waals surface area contributed by atoms with E-state index < -0.39 is 12.0 Å². The molecule has 20 heavy (non-hydrogen) atoms. The van der Waals surface area contributed by atoms with E-state index in [1.54, 1.807) is 0 Å². The quantitative estimate of drug-likeness (QED) is 0.709. The number of nitrogens with zero attached hydrogens (tertiary/aromatic N) is 1. The summed E-state index contributed by atoms with van der Waals surface area (Å²) in [6.45, 7) is 6.02. The van der Waals surface area contributed by atoms with Crippen molar-refractivity contribution in [1.82, 2.24) is 10.2 Å². The Kier molecular flexibility index (Phi) is 7.19. The van der Waals surface area contributed by atoms with Crippen LogP contribution in [0.1, 0.15) is 52.9 Å². The number of carbonyl (C=O) groups is 2. The van der Waals surface area contributed by atoms with Crippen molar-refractivity contribution in [2.45, 2.75) is 70.3 Å². The number of thioether (sulfide) groups is 1. The highest BCUT2D eigenvalue weighted by molar-refractivity contribution is 8.00. The average Bonchev–Trinajstić information content (AvgIpc) is 2.76. The topological polar surface area (TPSA) is 69.6 Å². The van der Waals surface area contributed by atoms with Gasteiger partial charge in [-0.2, -0.15) is 0 Å². The Bertz CT molecular complexity index is 338. The minimum absolute atomic E-state index is 0.0802. The Morgan fingerprint density at radius 1 is 1.40 bits per heavy atom. The Balaban J connectivity index is 2.42. The Hall–Kier alpha value is -0.910. The second-order valence-corrected chi connectivity index (χ2v) is 6.74. The maximum absolute atomic E-state index is 12.2. The lowest BCUT2D eigenvalue weighted by molar-refractivity contribution is -0.141. The van der Waals surface area contributed by atoms with Crippen molar-refractivity contribution in [3.05, 3.63) is 0 Å². The molecule has 0 radical (unpaired) electrons. The molecule has 6 heteroatoms. The molecule has 1 rings (SSSR count). The summed E-state index contributed by atoms with van der Waals surface area (Å²) in [6.07, 6.45) is 5.65. The van der Waals surface area contributed by atoms with Crippen LogP contribution in [0.4, 0.5) is 4.79 Å². The third kappa shape index (κ3) is 4.89. The smallest absolute Gasteiger partial charge is 0.327 e. The van der Waals surface area contributed by atoms with Crippen LogP contribution in [0.2, 0.25) is 0 Å². The predicted molar refractivity (Wildman–Crippen MR) is 81.9 cm³/mol. The van der Waals surface area contributed by atoms with Gasteiger partial charge in [-0.3, -0.25) is 4.90 Å². The molecular formula is C14H26N2O3S. The third-order valence-corrected chi connectivity index (χ3v) is 4.82. The summed E-state index contributed by atoms with van der Waals surface area (Å²) in [5.74, 6) is -0.456. The van der Waals surface area contributed by atoms with Crippen LogP contribution < -0.4 is 5.32 Å². The second-order valence-electron chi connectivity index (χ2n) is 5.39. The van der Waals surface area contributed by atoms with E-state index >= 15 is 0 Å². The fraction of sp³-hybridized carbons (Fsp3) is 0.857. The number of rotatable bonds is 7. The Labute approximate surface area is 125 Å². The van der Waals surface area contributed by atoms with Crippen LogP contribution in [0.5, 0.6) is 0 Å². The van der Waals surface area contributed by atoms with E-state index in [9.17, 15) is 9.59 Å². The highest BCUT2D eigenvalue weighted by atomic mass is 32.2. The number of carboxylic acid groups (broad SMARTS) is 1. The van der Waals surface area contributed by atoms with E-state index in [4.69, 9.17) is 5.11 Å². The highest BCUT2D eigenvalue weighted by Gasteiger charge is 2.39. The highest BCUT2D eigenvalue weighted by Crippen LogP contribution is 2.28. The fourth-order valence-electron chi connectivity index (χ4n) is 2.38. The minimum atomic E-state index is -0.924. The maximum atomic E-state index is 12.2. The molecular weight excluding hydrogens is 276 g/mol. The Morgan fingerprint density at radius 2 is 2.10 bits per heavy atom. The summed E-state index contributed by atoms with van der Waals surface area (Å²) in [7, 11) is 0. The van der Waals surface area contributed by atoms with Gasteiger partial charge in [-0.25, -0.2) is 9.59 Å². The van der Waals surface area contributed by atoms with Gasteiger partial charge in [0.25, 0.3) is 0 Å². The second kappa shape index (κ2) is 8.39. The molecule has 1 heterocycles. The number of carbonyl (C=O) groups excluding carboxylic acids is 1. The zero-order chi connectivity index (χ0) is 15.1. The normalized spacial score (nSPS) is 23.6. The summed E-state index contributed by atoms with van der Waals surface area (Å²) in [5, 5.41) is 12.0. The van der Waals surface area contributed by atoms with E-state index in [0.717, 1.165) is 12.8 Å². The number of hydrogen-bond donors (Lipinski definition) is 2. The number of hydrogen-bond acceptors (Lipinski definition) is 3. The molecule has 0 aromatic rings. The molecule has 2 amide bonds. The molecule has 0 aromatic heterocycles. The molecule has 0 saturated carbocycles. The monoisotopic (exact) mass is 302 g/mol. The molecule has 1 aliphatic rings. The molecule has 5 nitrogen and oxygen atoms in total. The zero-order valence-corrected chi connectivity index (χ0v) is 13.4. The lowest BCUT2D eigenvalue weighted by atomic mass is 10.1. The van der Waals surface area contributed by atoms with E-state index in [1.165, 1.54) is 35.9 Å². The van der Waals surface area contributed by atoms with Crippen LogP contribution in [0.25, 0.3) is 0 Å². The van der Waals surface area contributed by atoms with Gasteiger partial charge in [0.2, 0.25) is 0 Å². The molecule has 3 atom stereocenters. The van der Waals surface area contributed by atoms with Gasteiger partial charge in [-0.15, -0.1) is 11.8 Å². The van der Waals surface area contributed by atoms with E-state index in [-0.39, 0.29) is 17.4 Å². The summed E-state index contributed by atoms with van der Waals surface area (Å²) < 4.78 is 0. The summed E-state index contributed by atoms with van der Waals surface area (Å²) in [5.41, 5.74) is 0. The van der Waals surface area contributed by atoms with Crippen LogP contribution >= 0.6 is 11.8 Å². The van der Waals surface area contributed by atoms with Gasteiger partial charge in [0, 0.05) is 11.8 Å². The number of urea groups is 1. The summed E-state index contributed by atoms with van der Waals surface area (Å²) in [4.78, 5) is 24.8. The predicted octanol–water partition coefficient (Wildman–Crippen LogP) is 2.90. The van der Waals surface area contributed by atoms with Gasteiger partial charge in [0.1, 0.15) is 6.04 Å². The number of unbranched alkanes of at least 4 members (excludes halogenated alkanes) is 3. The first-order valence-electron chi connectivity index (χ1n) is 7.40. The molecule has 116 valence electrons. The average molecular weight is 302 g/mol. The molecule has 1 aliphatic heterocycles. The minimum Gasteiger partial charge on any atom is -0.480 e. The van der Waals surface area contributed by atoms with Gasteiger partial charge < -0.3 is 10.4 Å². The van der Waals surface area contributed by atoms with E-state index in [2.05, 4.69) is 12.2 Å². The van der Waals surface area contributed by atoms with Gasteiger partial charge in [0.15, 0.2) is 0 Å². The zero-order valence-electron chi connectivity index (χ0n) is 12.6. The molecule has 0 bridgehead atoms. The van der Waals surface area contributed by atoms with Crippen molar-refractivity contribution < 1.29 is 14.7 Å². The standard InChI is InChI=1S/C14H26N2O3S/c1-4-5-6-7-8-10(2)15-14(19)16-11(3)20-9-12(16)13(17)18/h10-12H,4-9H2,1-3H3,(H,15,19)(H,17,18). The molecule has 3 unspecified atom stereocenters. The van der Waals surface area contributed by atoms with Crippen LogP contribution in [-0.4, -0.2) is 45.2 Å². The molecule has 2 N–H and O–H groups in total. The molecule has 0 aromatic carbocycles. The van der Waals surface area contributed by atoms with Crippen molar-refractivity contribution in [3.63, 3.8) is 0 Å². The van der Waals surface area contributed by atoms with Crippen LogP contribution in [0.3, 0.4) is 0 Å². The van der Waals surface area contributed by atoms with Crippen LogP contribution in [0, 0.1) is 0 Å². The number of carboxylic acids is 1. The molecule has 1 fully saturated rings. The molecule has 0 spiro atoms. The third-order valence-electron chi connectivity index (χ3n) is 3.60. The SMILES string of the molecule is CCCCCCC(C)NC(=O)N1C(C)SCC1C(=O)O. The largest absolute Gasteiger partial charge is 0.480 e. The van der Waals surface area contributed by atoms with Crippen molar-refractivity contribution in [3.8, 4) is 0 Å². The van der Waals surface area contributed by atoms with Crippen molar-refractivity contribution in [2.24, 2.45) is 0 Å². The molecule has 1 saturated heterocycles. The fourth-order valence-corrected chi connectivity index (χ4v) is 3.54. The van der Waals surface area contributed by atoms with Gasteiger partial charge in [-0.05, 0) is 20.3 Å². The molecule has 0 aliphatic carbocycles. The summed E-state index contributed by atoms with van der Waals surface area (Å²) in [6, 6.07) is -0.869. The van der Waals surface area contributed by atoms with Gasteiger partial charge in [-0.1, -0.05) is 32.6 Å². The van der Waals surface area contributed by atoms with Crippen molar-refractivity contribution in [1.29, 1.82) is 0 Å². The van der Waals surface area contributed by atoms with E-state index in [0.29, 0.717) is 5.75 Å². The summed E-state index contributed by atoms with van der Waals surface area (Å²) >= 11 is 1.51. The van der Waals surface area contributed by atoms with Crippen LogP contribution in [-0.2, 0) is 4.79 Å². The first kappa shape index (κ1) is 17.1. The number of aliphatic carboxylic acids is 1. The Morgan fingerprint density at radius 3 is 2.70 bits per heavy atom. The lowest BCUT2D eigenvalue weighted by Crippen LogP contribution is -2.51. The van der Waals surface area contributed by atoms with Crippen molar-refractivity contribution in [2.75, 3.05) is 5.75 Å². The lowest BCUT2D eigenvalue weighted by Gasteiger charge is -2.27.